The predicted molar refractivity (Wildman–Crippen MR) is 111 cm³/mol. The van der Waals surface area contributed by atoms with Gasteiger partial charge in [0, 0.05) is 13.5 Å². The summed E-state index contributed by atoms with van der Waals surface area (Å²) in [6, 6.07) is 7.12. The molecule has 1 aromatic heterocycles. The standard InChI is InChI=1S/C17H20BN3O6.C2H6/c1-21(16(23)4-2-3-14(17(24)25)19-10-22)15-8-5-11-9-12(18(26)27)6-7-13(11)20-15;1-2/h5-10,14,26-27H,2-4H2,1H3,(H,19,22)(H,24,25);1-2H3/t14-;/m0./s1. The summed E-state index contributed by atoms with van der Waals surface area (Å²) in [4.78, 5) is 39.4. The quantitative estimate of drug-likeness (QED) is 0.348. The summed E-state index contributed by atoms with van der Waals surface area (Å²) in [5, 5.41) is 30.3. The highest BCUT2D eigenvalue weighted by Crippen LogP contribution is 2.18. The molecule has 2 rings (SSSR count). The van der Waals surface area contributed by atoms with Crippen molar-refractivity contribution in [2.45, 2.75) is 39.2 Å². The van der Waals surface area contributed by atoms with Gasteiger partial charge in [0.25, 0.3) is 0 Å². The van der Waals surface area contributed by atoms with Crippen LogP contribution in [-0.2, 0) is 14.4 Å². The fourth-order valence-electron chi connectivity index (χ4n) is 2.59. The van der Waals surface area contributed by atoms with E-state index in [2.05, 4.69) is 10.3 Å². The fraction of sp³-hybridized carbons (Fsp3) is 0.368. The van der Waals surface area contributed by atoms with E-state index in [-0.39, 0.29) is 18.7 Å². The Bertz CT molecular complexity index is 846. The Morgan fingerprint density at radius 1 is 1.24 bits per heavy atom. The second kappa shape index (κ2) is 11.8. The molecular weight excluding hydrogens is 377 g/mol. The molecule has 1 aromatic carbocycles. The molecule has 29 heavy (non-hydrogen) atoms. The minimum atomic E-state index is -1.57. The highest BCUT2D eigenvalue weighted by Gasteiger charge is 2.18. The van der Waals surface area contributed by atoms with Crippen LogP contribution in [0.4, 0.5) is 5.82 Å². The number of anilines is 1. The number of carbonyl (C=O) groups excluding carboxylic acids is 2. The molecule has 0 spiro atoms. The maximum Gasteiger partial charge on any atom is 0.488 e. The van der Waals surface area contributed by atoms with E-state index in [4.69, 9.17) is 5.11 Å². The van der Waals surface area contributed by atoms with Gasteiger partial charge < -0.3 is 20.5 Å². The number of aromatic nitrogens is 1. The Labute approximate surface area is 169 Å². The van der Waals surface area contributed by atoms with Crippen LogP contribution in [-0.4, -0.2) is 58.6 Å². The number of benzene rings is 1. The Morgan fingerprint density at radius 3 is 2.52 bits per heavy atom. The van der Waals surface area contributed by atoms with E-state index < -0.39 is 19.1 Å². The maximum absolute atomic E-state index is 12.3. The fourth-order valence-corrected chi connectivity index (χ4v) is 2.59. The van der Waals surface area contributed by atoms with Crippen LogP contribution in [0, 0.1) is 0 Å². The predicted octanol–water partition coefficient (Wildman–Crippen LogP) is 0.273. The number of pyridine rings is 1. The van der Waals surface area contributed by atoms with Gasteiger partial charge in [-0.1, -0.05) is 26.0 Å². The number of carboxylic acid groups (broad SMARTS) is 1. The molecule has 9 nitrogen and oxygen atoms in total. The van der Waals surface area contributed by atoms with Crippen LogP contribution in [0.2, 0.25) is 0 Å². The molecule has 2 aromatic rings. The molecule has 10 heteroatoms. The van der Waals surface area contributed by atoms with Crippen LogP contribution < -0.4 is 15.7 Å². The van der Waals surface area contributed by atoms with Crippen molar-refractivity contribution in [3.63, 3.8) is 0 Å². The first-order valence-corrected chi connectivity index (χ1v) is 9.29. The number of carboxylic acids is 1. The average Bonchev–Trinajstić information content (AvgIpc) is 2.72. The number of amides is 2. The molecule has 0 fully saturated rings. The molecule has 0 radical (unpaired) electrons. The summed E-state index contributed by atoms with van der Waals surface area (Å²) < 4.78 is 0. The Hall–Kier alpha value is -2.98. The molecule has 1 heterocycles. The van der Waals surface area contributed by atoms with Gasteiger partial charge in [0.1, 0.15) is 11.9 Å². The number of carbonyl (C=O) groups is 3. The van der Waals surface area contributed by atoms with Gasteiger partial charge in [-0.15, -0.1) is 0 Å². The first kappa shape index (κ1) is 24.1. The maximum atomic E-state index is 12.3. The second-order valence-electron chi connectivity index (χ2n) is 6.02. The molecule has 0 unspecified atom stereocenters. The van der Waals surface area contributed by atoms with E-state index in [0.29, 0.717) is 35.0 Å². The molecule has 0 saturated carbocycles. The SMILES string of the molecule is CC.CN(C(=O)CCC[C@H](NC=O)C(=O)O)c1ccc2cc(B(O)O)ccc2n1. The number of rotatable bonds is 9. The molecule has 1 atom stereocenters. The summed E-state index contributed by atoms with van der Waals surface area (Å²) in [5.74, 6) is -0.962. The van der Waals surface area contributed by atoms with E-state index in [1.165, 1.54) is 11.0 Å². The topological polar surface area (TPSA) is 140 Å². The third-order valence-electron chi connectivity index (χ3n) is 4.17. The van der Waals surface area contributed by atoms with Crippen molar-refractivity contribution in [1.82, 2.24) is 10.3 Å². The second-order valence-corrected chi connectivity index (χ2v) is 6.02. The zero-order valence-corrected chi connectivity index (χ0v) is 16.7. The third-order valence-corrected chi connectivity index (χ3v) is 4.17. The van der Waals surface area contributed by atoms with Crippen molar-refractivity contribution in [3.05, 3.63) is 30.3 Å². The summed E-state index contributed by atoms with van der Waals surface area (Å²) in [6.07, 6.45) is 0.875. The van der Waals surface area contributed by atoms with Crippen molar-refractivity contribution in [1.29, 1.82) is 0 Å². The number of hydrogen-bond donors (Lipinski definition) is 4. The zero-order chi connectivity index (χ0) is 22.0. The minimum Gasteiger partial charge on any atom is -0.480 e. The van der Waals surface area contributed by atoms with Crippen molar-refractivity contribution in [2.24, 2.45) is 0 Å². The Balaban J connectivity index is 0.00000204. The summed E-state index contributed by atoms with van der Waals surface area (Å²) in [7, 11) is 0.00223. The van der Waals surface area contributed by atoms with E-state index in [9.17, 15) is 24.4 Å². The minimum absolute atomic E-state index is 0.107. The van der Waals surface area contributed by atoms with Crippen LogP contribution in [0.3, 0.4) is 0 Å². The number of nitrogens with one attached hydrogen (secondary N) is 1. The van der Waals surface area contributed by atoms with Crippen LogP contribution in [0.1, 0.15) is 33.1 Å². The largest absolute Gasteiger partial charge is 0.488 e. The van der Waals surface area contributed by atoms with Crippen LogP contribution >= 0.6 is 0 Å². The molecule has 0 aliphatic heterocycles. The molecule has 156 valence electrons. The lowest BCUT2D eigenvalue weighted by molar-refractivity contribution is -0.140. The van der Waals surface area contributed by atoms with Crippen LogP contribution in [0.25, 0.3) is 10.9 Å². The first-order chi connectivity index (χ1) is 13.8. The molecule has 2 amide bonds. The highest BCUT2D eigenvalue weighted by atomic mass is 16.4. The zero-order valence-electron chi connectivity index (χ0n) is 16.7. The van der Waals surface area contributed by atoms with Crippen molar-refractivity contribution in [3.8, 4) is 0 Å². The molecule has 0 saturated heterocycles. The molecule has 4 N–H and O–H groups in total. The molecular formula is C19H26BN3O6. The highest BCUT2D eigenvalue weighted by molar-refractivity contribution is 6.58. The Kier molecular flexibility index (Phi) is 9.77. The smallest absolute Gasteiger partial charge is 0.480 e. The molecule has 0 bridgehead atoms. The number of fused-ring (bicyclic) bond motifs is 1. The van der Waals surface area contributed by atoms with Crippen molar-refractivity contribution < 1.29 is 29.5 Å². The summed E-state index contributed by atoms with van der Waals surface area (Å²) in [6.45, 7) is 4.00. The summed E-state index contributed by atoms with van der Waals surface area (Å²) >= 11 is 0. The number of nitrogens with zero attached hydrogens (tertiary/aromatic N) is 2. The number of aliphatic carboxylic acids is 1. The monoisotopic (exact) mass is 403 g/mol. The van der Waals surface area contributed by atoms with Gasteiger partial charge in [0.2, 0.25) is 12.3 Å². The van der Waals surface area contributed by atoms with E-state index in [0.717, 1.165) is 0 Å². The van der Waals surface area contributed by atoms with E-state index in [1.807, 2.05) is 13.8 Å². The van der Waals surface area contributed by atoms with Crippen LogP contribution in [0.5, 0.6) is 0 Å². The van der Waals surface area contributed by atoms with Gasteiger partial charge in [0.05, 0.1) is 5.52 Å². The van der Waals surface area contributed by atoms with Gasteiger partial charge in [-0.2, -0.15) is 0 Å². The Morgan fingerprint density at radius 2 is 1.93 bits per heavy atom. The van der Waals surface area contributed by atoms with Crippen molar-refractivity contribution >= 4 is 47.6 Å². The number of hydrogen-bond acceptors (Lipinski definition) is 6. The van der Waals surface area contributed by atoms with Crippen LogP contribution in [0.15, 0.2) is 30.3 Å². The normalized spacial score (nSPS) is 11.1. The van der Waals surface area contributed by atoms with E-state index >= 15 is 0 Å². The van der Waals surface area contributed by atoms with Gasteiger partial charge >= 0.3 is 13.1 Å². The van der Waals surface area contributed by atoms with Gasteiger partial charge in [-0.05, 0) is 41.9 Å². The lowest BCUT2D eigenvalue weighted by Gasteiger charge is -2.17. The third kappa shape index (κ3) is 6.84. The molecule has 0 aliphatic rings. The van der Waals surface area contributed by atoms with Gasteiger partial charge in [-0.25, -0.2) is 9.78 Å². The summed E-state index contributed by atoms with van der Waals surface area (Å²) in [5.41, 5.74) is 0.941. The molecule has 0 aliphatic carbocycles. The first-order valence-electron chi connectivity index (χ1n) is 9.29. The van der Waals surface area contributed by atoms with Gasteiger partial charge in [-0.3, -0.25) is 14.5 Å². The lowest BCUT2D eigenvalue weighted by atomic mass is 9.80. The lowest BCUT2D eigenvalue weighted by Crippen LogP contribution is -2.36. The van der Waals surface area contributed by atoms with E-state index in [1.54, 1.807) is 31.3 Å². The van der Waals surface area contributed by atoms with Gasteiger partial charge in [0.15, 0.2) is 0 Å². The average molecular weight is 403 g/mol. The van der Waals surface area contributed by atoms with Crippen molar-refractivity contribution in [2.75, 3.05) is 11.9 Å².